The predicted octanol–water partition coefficient (Wildman–Crippen LogP) is 0.0392. The van der Waals surface area contributed by atoms with E-state index in [1.165, 1.54) is 0 Å². The van der Waals surface area contributed by atoms with Gasteiger partial charge in [0.05, 0.1) is 6.61 Å². The number of likely N-dealkylation sites (N-methyl/N-ethyl adjacent to an activating group) is 3. The highest BCUT2D eigenvalue weighted by Crippen LogP contribution is 1.92. The number of ether oxygens (including phenoxy) is 2. The summed E-state index contributed by atoms with van der Waals surface area (Å²) in [6.45, 7) is 5.37. The van der Waals surface area contributed by atoms with Gasteiger partial charge in [0.25, 0.3) is 0 Å². The first-order valence-electron chi connectivity index (χ1n) is 7.25. The third-order valence-electron chi connectivity index (χ3n) is 2.89. The fourth-order valence-corrected chi connectivity index (χ4v) is 1.45. The lowest BCUT2D eigenvalue weighted by atomic mass is 10.3. The number of unbranched alkanes of at least 4 members (excludes halogenated alkanes) is 1. The number of nitrogens with zero attached hydrogens (tertiary/aromatic N) is 2. The van der Waals surface area contributed by atoms with Crippen molar-refractivity contribution in [3.05, 3.63) is 0 Å². The largest absolute Gasteiger partial charge is 0.380 e. The monoisotopic (exact) mass is 289 g/mol. The van der Waals surface area contributed by atoms with E-state index >= 15 is 0 Å². The molecule has 0 saturated carbocycles. The predicted molar refractivity (Wildman–Crippen MR) is 81.0 cm³/mol. The Labute approximate surface area is 123 Å². The second-order valence-corrected chi connectivity index (χ2v) is 5.15. The Morgan fingerprint density at radius 1 is 0.950 bits per heavy atom. The highest BCUT2D eigenvalue weighted by atomic mass is 16.5. The lowest BCUT2D eigenvalue weighted by Crippen LogP contribution is -2.31. The van der Waals surface area contributed by atoms with Crippen LogP contribution in [0, 0.1) is 0 Å². The number of nitrogens with one attached hydrogen (secondary N) is 1. The minimum Gasteiger partial charge on any atom is -0.380 e. The molecule has 6 nitrogen and oxygen atoms in total. The molecule has 0 spiro atoms. The third kappa shape index (κ3) is 13.7. The van der Waals surface area contributed by atoms with Crippen LogP contribution >= 0.6 is 0 Å². The maximum absolute atomic E-state index is 10.9. The fourth-order valence-electron chi connectivity index (χ4n) is 1.45. The summed E-state index contributed by atoms with van der Waals surface area (Å²) in [5.41, 5.74) is 0. The van der Waals surface area contributed by atoms with E-state index in [-0.39, 0.29) is 12.5 Å². The molecule has 0 atom stereocenters. The van der Waals surface area contributed by atoms with Gasteiger partial charge in [-0.1, -0.05) is 0 Å². The summed E-state index contributed by atoms with van der Waals surface area (Å²) >= 11 is 0. The van der Waals surface area contributed by atoms with Gasteiger partial charge in [0.2, 0.25) is 5.91 Å². The maximum Gasteiger partial charge on any atom is 0.245 e. The van der Waals surface area contributed by atoms with Crippen molar-refractivity contribution < 1.29 is 14.3 Å². The van der Waals surface area contributed by atoms with Crippen molar-refractivity contribution in [2.45, 2.75) is 12.8 Å². The van der Waals surface area contributed by atoms with Crippen LogP contribution < -0.4 is 5.32 Å². The molecule has 0 radical (unpaired) electrons. The van der Waals surface area contributed by atoms with Crippen LogP contribution in [0.5, 0.6) is 0 Å². The lowest BCUT2D eigenvalue weighted by molar-refractivity contribution is -0.125. The zero-order chi connectivity index (χ0) is 15.2. The van der Waals surface area contributed by atoms with E-state index in [1.54, 1.807) is 7.05 Å². The molecule has 20 heavy (non-hydrogen) atoms. The molecule has 6 heteroatoms. The van der Waals surface area contributed by atoms with E-state index in [0.717, 1.165) is 45.7 Å². The molecule has 0 rings (SSSR count). The number of carbonyl (C=O) groups is 1. The first-order chi connectivity index (χ1) is 9.56. The maximum atomic E-state index is 10.9. The van der Waals surface area contributed by atoms with Crippen LogP contribution in [0.25, 0.3) is 0 Å². The van der Waals surface area contributed by atoms with Crippen molar-refractivity contribution in [3.8, 4) is 0 Å². The van der Waals surface area contributed by atoms with Crippen LogP contribution in [-0.4, -0.2) is 90.0 Å². The molecule has 0 bridgehead atoms. The van der Waals surface area contributed by atoms with Crippen molar-refractivity contribution in [1.82, 2.24) is 15.1 Å². The van der Waals surface area contributed by atoms with Gasteiger partial charge in [0.15, 0.2) is 0 Å². The summed E-state index contributed by atoms with van der Waals surface area (Å²) in [7, 11) is 7.88. The Hall–Kier alpha value is -0.690. The molecular formula is C14H31N3O3. The quantitative estimate of drug-likeness (QED) is 0.485. The van der Waals surface area contributed by atoms with Crippen molar-refractivity contribution in [1.29, 1.82) is 0 Å². The van der Waals surface area contributed by atoms with Gasteiger partial charge in [0.1, 0.15) is 6.61 Å². The molecule has 0 saturated heterocycles. The van der Waals surface area contributed by atoms with Crippen LogP contribution in [0.4, 0.5) is 0 Å². The summed E-state index contributed by atoms with van der Waals surface area (Å²) in [5.74, 6) is -0.0815. The van der Waals surface area contributed by atoms with Gasteiger partial charge >= 0.3 is 0 Å². The Kier molecular flexibility index (Phi) is 12.8. The van der Waals surface area contributed by atoms with Gasteiger partial charge < -0.3 is 24.6 Å². The second-order valence-electron chi connectivity index (χ2n) is 5.15. The van der Waals surface area contributed by atoms with Crippen molar-refractivity contribution in [2.24, 2.45) is 0 Å². The van der Waals surface area contributed by atoms with Crippen LogP contribution in [-0.2, 0) is 14.3 Å². The number of rotatable bonds is 13. The Balaban J connectivity index is 3.18. The van der Waals surface area contributed by atoms with E-state index < -0.39 is 0 Å². The molecule has 120 valence electrons. The lowest BCUT2D eigenvalue weighted by Gasteiger charge is -2.19. The van der Waals surface area contributed by atoms with E-state index in [9.17, 15) is 4.79 Å². The molecule has 1 N–H and O–H groups in total. The van der Waals surface area contributed by atoms with Crippen LogP contribution in [0.3, 0.4) is 0 Å². The van der Waals surface area contributed by atoms with E-state index in [2.05, 4.69) is 36.3 Å². The smallest absolute Gasteiger partial charge is 0.245 e. The number of hydrogen-bond acceptors (Lipinski definition) is 5. The number of amides is 1. The van der Waals surface area contributed by atoms with Gasteiger partial charge in [-0.2, -0.15) is 0 Å². The van der Waals surface area contributed by atoms with Gasteiger partial charge in [0, 0.05) is 39.9 Å². The molecule has 0 aromatic heterocycles. The molecule has 1 amide bonds. The minimum absolute atomic E-state index is 0.0815. The van der Waals surface area contributed by atoms with Gasteiger partial charge in [-0.3, -0.25) is 4.79 Å². The molecule has 0 aromatic rings. The highest BCUT2D eigenvalue weighted by Gasteiger charge is 1.99. The third-order valence-corrected chi connectivity index (χ3v) is 2.89. The standard InChI is InChI=1S/C14H31N3O3/c1-15-14(18)13-20-11-6-5-10-19-12-9-17(4)8-7-16(2)3/h5-13H2,1-4H3,(H,15,18). The first-order valence-corrected chi connectivity index (χ1v) is 7.25. The Morgan fingerprint density at radius 3 is 2.20 bits per heavy atom. The molecular weight excluding hydrogens is 258 g/mol. The molecule has 0 aromatic carbocycles. The number of carbonyl (C=O) groups excluding carboxylic acids is 1. The molecule has 0 aliphatic carbocycles. The van der Waals surface area contributed by atoms with Crippen LogP contribution in [0.1, 0.15) is 12.8 Å². The van der Waals surface area contributed by atoms with E-state index in [4.69, 9.17) is 9.47 Å². The van der Waals surface area contributed by atoms with E-state index in [0.29, 0.717) is 6.61 Å². The summed E-state index contributed by atoms with van der Waals surface area (Å²) in [6, 6.07) is 0. The summed E-state index contributed by atoms with van der Waals surface area (Å²) in [4.78, 5) is 15.3. The molecule has 0 unspecified atom stereocenters. The van der Waals surface area contributed by atoms with Crippen molar-refractivity contribution in [3.63, 3.8) is 0 Å². The van der Waals surface area contributed by atoms with Gasteiger partial charge in [-0.15, -0.1) is 0 Å². The molecule has 0 aliphatic rings. The van der Waals surface area contributed by atoms with Gasteiger partial charge in [-0.05, 0) is 34.0 Å². The van der Waals surface area contributed by atoms with Crippen molar-refractivity contribution in [2.75, 3.05) is 74.3 Å². The Morgan fingerprint density at radius 2 is 1.60 bits per heavy atom. The van der Waals surface area contributed by atoms with Gasteiger partial charge in [-0.25, -0.2) is 0 Å². The summed E-state index contributed by atoms with van der Waals surface area (Å²) in [5, 5.41) is 2.52. The molecule has 0 fully saturated rings. The SMILES string of the molecule is CNC(=O)COCCCCOCCN(C)CCN(C)C. The first kappa shape index (κ1) is 19.3. The molecule has 0 aliphatic heterocycles. The second kappa shape index (κ2) is 13.3. The summed E-state index contributed by atoms with van der Waals surface area (Å²) < 4.78 is 10.8. The highest BCUT2D eigenvalue weighted by molar-refractivity contribution is 5.76. The summed E-state index contributed by atoms with van der Waals surface area (Å²) in [6.07, 6.45) is 1.89. The average molecular weight is 289 g/mol. The topological polar surface area (TPSA) is 54.0 Å². The molecule has 0 heterocycles. The number of hydrogen-bond donors (Lipinski definition) is 1. The Bertz CT molecular complexity index is 238. The average Bonchev–Trinajstić information content (AvgIpc) is 2.42. The van der Waals surface area contributed by atoms with E-state index in [1.807, 2.05) is 0 Å². The zero-order valence-corrected chi connectivity index (χ0v) is 13.5. The fraction of sp³-hybridized carbons (Fsp3) is 0.929. The van der Waals surface area contributed by atoms with Crippen molar-refractivity contribution >= 4 is 5.91 Å². The van der Waals surface area contributed by atoms with Crippen LogP contribution in [0.15, 0.2) is 0 Å². The zero-order valence-electron chi connectivity index (χ0n) is 13.5. The van der Waals surface area contributed by atoms with Crippen LogP contribution in [0.2, 0.25) is 0 Å². The normalized spacial score (nSPS) is 11.3. The minimum atomic E-state index is -0.0815.